The molecule has 0 radical (unpaired) electrons. The minimum atomic E-state index is -1.94. The maximum Gasteiger partial charge on any atom is 0.255 e. The summed E-state index contributed by atoms with van der Waals surface area (Å²) in [7, 11) is 1.67. The second kappa shape index (κ2) is 6.71. The third-order valence-corrected chi connectivity index (χ3v) is 12.1. The number of amides is 1. The summed E-state index contributed by atoms with van der Waals surface area (Å²) in [6.45, 7) is 14.0. The molecule has 24 heavy (non-hydrogen) atoms. The Bertz CT molecular complexity index is 710. The number of carbonyl (C=O) groups is 1. The molecule has 2 aromatic rings. The van der Waals surface area contributed by atoms with Crippen molar-refractivity contribution >= 4 is 25.2 Å². The van der Waals surface area contributed by atoms with Crippen molar-refractivity contribution in [1.82, 2.24) is 14.1 Å². The second-order valence-corrected chi connectivity index (χ2v) is 13.6. The predicted octanol–water partition coefficient (Wildman–Crippen LogP) is 4.76. The number of rotatable bonds is 5. The fraction of sp³-hybridized carbons (Fsp3) is 0.579. The van der Waals surface area contributed by atoms with Gasteiger partial charge in [-0.15, -0.1) is 0 Å². The third kappa shape index (κ3) is 2.69. The lowest BCUT2D eigenvalue weighted by molar-refractivity contribution is 0.0829. The molecule has 0 aliphatic heterocycles. The van der Waals surface area contributed by atoms with Gasteiger partial charge < -0.3 is 9.13 Å². The van der Waals surface area contributed by atoms with E-state index in [1.807, 2.05) is 18.3 Å². The Hall–Kier alpha value is -1.62. The lowest BCUT2D eigenvalue weighted by Crippen LogP contribution is -2.51. The van der Waals surface area contributed by atoms with Crippen molar-refractivity contribution in [2.24, 2.45) is 0 Å². The molecule has 0 unspecified atom stereocenters. The van der Waals surface area contributed by atoms with Crippen LogP contribution in [0.15, 0.2) is 24.5 Å². The highest BCUT2D eigenvalue weighted by Crippen LogP contribution is 2.44. The first kappa shape index (κ1) is 18.7. The zero-order valence-corrected chi connectivity index (χ0v) is 17.3. The van der Waals surface area contributed by atoms with Gasteiger partial charge in [0.05, 0.1) is 5.56 Å². The van der Waals surface area contributed by atoms with Crippen molar-refractivity contribution in [1.29, 1.82) is 0 Å². The summed E-state index contributed by atoms with van der Waals surface area (Å²) < 4.78 is 2.42. The number of hydrogen-bond donors (Lipinski definition) is 0. The van der Waals surface area contributed by atoms with Crippen LogP contribution in [-0.4, -0.2) is 42.4 Å². The fourth-order valence-corrected chi connectivity index (χ4v) is 11.2. The summed E-state index contributed by atoms with van der Waals surface area (Å²) in [4.78, 5) is 19.0. The molecule has 2 heterocycles. The molecule has 0 saturated heterocycles. The Labute approximate surface area is 147 Å². The number of hydrogen-bond acceptors (Lipinski definition) is 2. The molecule has 4 nitrogen and oxygen atoms in total. The van der Waals surface area contributed by atoms with Crippen LogP contribution >= 0.6 is 0 Å². The van der Waals surface area contributed by atoms with Gasteiger partial charge in [0.2, 0.25) is 0 Å². The van der Waals surface area contributed by atoms with Gasteiger partial charge in [-0.1, -0.05) is 41.5 Å². The van der Waals surface area contributed by atoms with E-state index in [0.29, 0.717) is 16.6 Å². The average molecular weight is 346 g/mol. The SMILES string of the molecule is CC(C)[Si](C(C)C)(C(C)C)n1cc(C(=O)N(C)C)c2cccnc21. The quantitative estimate of drug-likeness (QED) is 0.733. The number of pyridine rings is 1. The van der Waals surface area contributed by atoms with E-state index >= 15 is 0 Å². The van der Waals surface area contributed by atoms with Gasteiger partial charge >= 0.3 is 0 Å². The Morgan fingerprint density at radius 1 is 1.08 bits per heavy atom. The normalized spacial score (nSPS) is 12.6. The molecule has 0 aliphatic rings. The van der Waals surface area contributed by atoms with Crippen LogP contribution in [0.1, 0.15) is 51.9 Å². The second-order valence-electron chi connectivity index (χ2n) is 7.84. The summed E-state index contributed by atoms with van der Waals surface area (Å²) in [5, 5.41) is 0.968. The Kier molecular flexibility index (Phi) is 5.23. The topological polar surface area (TPSA) is 38.1 Å². The van der Waals surface area contributed by atoms with E-state index < -0.39 is 8.24 Å². The van der Waals surface area contributed by atoms with Crippen LogP contribution in [0.25, 0.3) is 11.0 Å². The average Bonchev–Trinajstić information content (AvgIpc) is 2.86. The Balaban J connectivity index is 2.87. The molecule has 0 N–H and O–H groups in total. The molecule has 0 fully saturated rings. The summed E-state index contributed by atoms with van der Waals surface area (Å²) in [5.74, 6) is 0.0471. The molecule has 0 aromatic carbocycles. The van der Waals surface area contributed by atoms with Crippen LogP contribution in [0.4, 0.5) is 0 Å². The first-order valence-corrected chi connectivity index (χ1v) is 11.0. The van der Waals surface area contributed by atoms with Crippen LogP contribution in [-0.2, 0) is 0 Å². The van der Waals surface area contributed by atoms with E-state index in [2.05, 4.69) is 57.0 Å². The van der Waals surface area contributed by atoms with E-state index in [1.54, 1.807) is 19.0 Å². The zero-order valence-electron chi connectivity index (χ0n) is 16.3. The Morgan fingerprint density at radius 3 is 2.08 bits per heavy atom. The molecule has 132 valence electrons. The fourth-order valence-electron chi connectivity index (χ4n) is 4.60. The van der Waals surface area contributed by atoms with Crippen LogP contribution in [0.3, 0.4) is 0 Å². The molecule has 2 aromatic heterocycles. The maximum absolute atomic E-state index is 12.7. The van der Waals surface area contributed by atoms with Gasteiger partial charge in [-0.2, -0.15) is 0 Å². The highest BCUT2D eigenvalue weighted by molar-refractivity contribution is 6.82. The Morgan fingerprint density at radius 2 is 1.62 bits per heavy atom. The molecule has 0 bridgehead atoms. The van der Waals surface area contributed by atoms with E-state index in [1.165, 1.54) is 0 Å². The summed E-state index contributed by atoms with van der Waals surface area (Å²) >= 11 is 0. The largest absolute Gasteiger partial charge is 0.358 e. The first-order valence-electron chi connectivity index (χ1n) is 8.83. The minimum Gasteiger partial charge on any atom is -0.358 e. The van der Waals surface area contributed by atoms with Crippen molar-refractivity contribution < 1.29 is 4.79 Å². The van der Waals surface area contributed by atoms with Gasteiger partial charge in [-0.3, -0.25) is 4.79 Å². The van der Waals surface area contributed by atoms with Crippen LogP contribution in [0.2, 0.25) is 16.6 Å². The molecule has 5 heteroatoms. The lowest BCUT2D eigenvalue weighted by Gasteiger charge is -2.44. The number of fused-ring (bicyclic) bond motifs is 1. The van der Waals surface area contributed by atoms with Crippen molar-refractivity contribution in [3.63, 3.8) is 0 Å². The molecule has 0 saturated carbocycles. The molecular weight excluding hydrogens is 314 g/mol. The van der Waals surface area contributed by atoms with E-state index in [-0.39, 0.29) is 5.91 Å². The van der Waals surface area contributed by atoms with Crippen LogP contribution in [0.5, 0.6) is 0 Å². The number of nitrogens with zero attached hydrogens (tertiary/aromatic N) is 3. The summed E-state index contributed by atoms with van der Waals surface area (Å²) in [5.41, 5.74) is 3.39. The van der Waals surface area contributed by atoms with Crippen LogP contribution in [0, 0.1) is 0 Å². The molecule has 1 amide bonds. The molecule has 0 spiro atoms. The standard InChI is InChI=1S/C19H31N3OSi/c1-13(2)24(14(3)4,15(5)6)22-12-17(19(23)21(7)8)16-10-9-11-20-18(16)22/h9-15H,1-8H3. The zero-order chi connectivity index (χ0) is 18.2. The van der Waals surface area contributed by atoms with Crippen molar-refractivity contribution in [3.8, 4) is 0 Å². The summed E-state index contributed by atoms with van der Waals surface area (Å²) in [6, 6.07) is 3.94. The van der Waals surface area contributed by atoms with Gasteiger partial charge in [0.25, 0.3) is 5.91 Å². The monoisotopic (exact) mass is 345 g/mol. The molecular formula is C19H31N3OSi. The van der Waals surface area contributed by atoms with Gasteiger partial charge in [-0.05, 0) is 28.8 Å². The number of carbonyl (C=O) groups excluding carboxylic acids is 1. The van der Waals surface area contributed by atoms with Gasteiger partial charge in [0.1, 0.15) is 5.65 Å². The van der Waals surface area contributed by atoms with Crippen molar-refractivity contribution in [2.75, 3.05) is 14.1 Å². The molecule has 0 aliphatic carbocycles. The van der Waals surface area contributed by atoms with E-state index in [9.17, 15) is 4.79 Å². The highest BCUT2D eigenvalue weighted by atomic mass is 28.3. The maximum atomic E-state index is 12.7. The van der Waals surface area contributed by atoms with Gasteiger partial charge in [0, 0.05) is 31.9 Å². The van der Waals surface area contributed by atoms with Crippen LogP contribution < -0.4 is 0 Å². The van der Waals surface area contributed by atoms with Crippen molar-refractivity contribution in [3.05, 3.63) is 30.1 Å². The van der Waals surface area contributed by atoms with Gasteiger partial charge in [-0.25, -0.2) is 4.98 Å². The smallest absolute Gasteiger partial charge is 0.255 e. The minimum absolute atomic E-state index is 0.0471. The third-order valence-electron chi connectivity index (χ3n) is 5.39. The van der Waals surface area contributed by atoms with E-state index in [0.717, 1.165) is 16.6 Å². The predicted molar refractivity (Wildman–Crippen MR) is 104 cm³/mol. The van der Waals surface area contributed by atoms with Gasteiger partial charge in [0.15, 0.2) is 8.24 Å². The molecule has 0 atom stereocenters. The highest BCUT2D eigenvalue weighted by Gasteiger charge is 2.46. The lowest BCUT2D eigenvalue weighted by atomic mass is 10.2. The summed E-state index contributed by atoms with van der Waals surface area (Å²) in [6.07, 6.45) is 3.93. The first-order chi connectivity index (χ1) is 11.2. The van der Waals surface area contributed by atoms with E-state index in [4.69, 9.17) is 0 Å². The molecule has 2 rings (SSSR count). The van der Waals surface area contributed by atoms with Crippen molar-refractivity contribution in [2.45, 2.75) is 58.2 Å². The number of aromatic nitrogens is 2.